The number of rotatable bonds is 5. The Bertz CT molecular complexity index is 991. The van der Waals surface area contributed by atoms with E-state index in [-0.39, 0.29) is 11.8 Å². The molecule has 5 heteroatoms. The number of anilines is 1. The Morgan fingerprint density at radius 3 is 2.52 bits per heavy atom. The quantitative estimate of drug-likeness (QED) is 0.632. The molecule has 0 radical (unpaired) electrons. The fourth-order valence-electron chi connectivity index (χ4n) is 2.57. The molecule has 2 aromatic carbocycles. The number of thiophene rings is 1. The second kappa shape index (κ2) is 8.47. The fourth-order valence-corrected chi connectivity index (χ4v) is 3.49. The van der Waals surface area contributed by atoms with Gasteiger partial charge in [0.15, 0.2) is 0 Å². The van der Waals surface area contributed by atoms with Crippen LogP contribution in [-0.2, 0) is 4.79 Å². The van der Waals surface area contributed by atoms with Gasteiger partial charge in [0, 0.05) is 34.1 Å². The van der Waals surface area contributed by atoms with Crippen molar-refractivity contribution in [2.75, 3.05) is 12.4 Å². The molecule has 1 aromatic heterocycles. The monoisotopic (exact) mass is 376 g/mol. The molecule has 0 aliphatic rings. The molecule has 0 spiro atoms. The van der Waals surface area contributed by atoms with Gasteiger partial charge in [-0.2, -0.15) is 0 Å². The van der Waals surface area contributed by atoms with Crippen molar-refractivity contribution in [1.82, 2.24) is 5.32 Å². The first-order chi connectivity index (χ1) is 13.1. The second-order valence-electron chi connectivity index (χ2n) is 6.00. The lowest BCUT2D eigenvalue weighted by atomic mass is 10.1. The molecule has 2 N–H and O–H groups in total. The lowest BCUT2D eigenvalue weighted by molar-refractivity contribution is -0.111. The van der Waals surface area contributed by atoms with E-state index in [1.54, 1.807) is 36.6 Å². The van der Waals surface area contributed by atoms with Gasteiger partial charge in [-0.15, -0.1) is 11.3 Å². The van der Waals surface area contributed by atoms with Gasteiger partial charge in [0.05, 0.1) is 0 Å². The van der Waals surface area contributed by atoms with Crippen LogP contribution in [0.1, 0.15) is 20.8 Å². The average Bonchev–Trinajstić information content (AvgIpc) is 3.17. The molecule has 0 saturated carbocycles. The Labute approximate surface area is 162 Å². The summed E-state index contributed by atoms with van der Waals surface area (Å²) in [6.07, 6.45) is 3.30. The lowest BCUT2D eigenvalue weighted by Crippen LogP contribution is -2.18. The van der Waals surface area contributed by atoms with E-state index in [9.17, 15) is 9.59 Å². The molecular weight excluding hydrogens is 356 g/mol. The molecule has 0 unspecified atom stereocenters. The molecule has 2 amide bonds. The van der Waals surface area contributed by atoms with E-state index < -0.39 is 0 Å². The van der Waals surface area contributed by atoms with Gasteiger partial charge in [-0.1, -0.05) is 36.4 Å². The third kappa shape index (κ3) is 4.71. The van der Waals surface area contributed by atoms with Crippen LogP contribution in [0.2, 0.25) is 0 Å². The first-order valence-corrected chi connectivity index (χ1v) is 9.35. The van der Waals surface area contributed by atoms with E-state index >= 15 is 0 Å². The number of carbonyl (C=O) groups excluding carboxylic acids is 2. The predicted octanol–water partition coefficient (Wildman–Crippen LogP) is 4.74. The van der Waals surface area contributed by atoms with Gasteiger partial charge in [-0.25, -0.2) is 0 Å². The smallest absolute Gasteiger partial charge is 0.251 e. The van der Waals surface area contributed by atoms with Crippen molar-refractivity contribution in [3.8, 4) is 10.4 Å². The first kappa shape index (κ1) is 18.6. The number of amides is 2. The van der Waals surface area contributed by atoms with Crippen LogP contribution in [0, 0.1) is 6.92 Å². The molecule has 3 rings (SSSR count). The highest BCUT2D eigenvalue weighted by atomic mass is 32.1. The molecule has 0 aliphatic heterocycles. The summed E-state index contributed by atoms with van der Waals surface area (Å²) in [7, 11) is 1.58. The summed E-state index contributed by atoms with van der Waals surface area (Å²) in [4.78, 5) is 26.2. The van der Waals surface area contributed by atoms with Crippen LogP contribution in [0.4, 0.5) is 5.69 Å². The summed E-state index contributed by atoms with van der Waals surface area (Å²) in [5, 5.41) is 5.42. The summed E-state index contributed by atoms with van der Waals surface area (Å²) in [6.45, 7) is 1.89. The molecule has 0 atom stereocenters. The zero-order chi connectivity index (χ0) is 19.2. The van der Waals surface area contributed by atoms with Crippen molar-refractivity contribution < 1.29 is 9.59 Å². The van der Waals surface area contributed by atoms with E-state index in [0.717, 1.165) is 20.9 Å². The van der Waals surface area contributed by atoms with Crippen LogP contribution in [-0.4, -0.2) is 18.9 Å². The maximum atomic E-state index is 12.3. The minimum atomic E-state index is -0.234. The molecule has 0 fully saturated rings. The van der Waals surface area contributed by atoms with E-state index in [4.69, 9.17) is 0 Å². The number of hydrogen-bond donors (Lipinski definition) is 2. The van der Waals surface area contributed by atoms with Crippen molar-refractivity contribution in [3.63, 3.8) is 0 Å². The highest BCUT2D eigenvalue weighted by molar-refractivity contribution is 7.16. The van der Waals surface area contributed by atoms with Gasteiger partial charge in [-0.05, 0) is 48.4 Å². The second-order valence-corrected chi connectivity index (χ2v) is 7.11. The van der Waals surface area contributed by atoms with Crippen LogP contribution in [0.5, 0.6) is 0 Å². The molecule has 136 valence electrons. The van der Waals surface area contributed by atoms with Crippen LogP contribution in [0.15, 0.2) is 66.7 Å². The molecule has 1 heterocycles. The highest BCUT2D eigenvalue weighted by Gasteiger charge is 2.08. The Morgan fingerprint density at radius 2 is 1.78 bits per heavy atom. The van der Waals surface area contributed by atoms with Gasteiger partial charge in [-0.3, -0.25) is 9.59 Å². The van der Waals surface area contributed by atoms with Crippen LogP contribution in [0.3, 0.4) is 0 Å². The molecule has 27 heavy (non-hydrogen) atoms. The van der Waals surface area contributed by atoms with Crippen molar-refractivity contribution in [2.45, 2.75) is 6.92 Å². The number of aryl methyl sites for hydroxylation is 1. The Morgan fingerprint density at radius 1 is 1.00 bits per heavy atom. The third-order valence-electron chi connectivity index (χ3n) is 4.07. The van der Waals surface area contributed by atoms with Crippen molar-refractivity contribution in [1.29, 1.82) is 0 Å². The number of nitrogens with one attached hydrogen (secondary N) is 2. The van der Waals surface area contributed by atoms with E-state index in [1.807, 2.05) is 37.3 Å². The summed E-state index contributed by atoms with van der Waals surface area (Å²) in [6, 6.07) is 19.4. The summed E-state index contributed by atoms with van der Waals surface area (Å²) in [5.41, 5.74) is 3.19. The van der Waals surface area contributed by atoms with Crippen LogP contribution in [0.25, 0.3) is 16.5 Å². The zero-order valence-corrected chi connectivity index (χ0v) is 16.0. The van der Waals surface area contributed by atoms with Gasteiger partial charge in [0.2, 0.25) is 5.91 Å². The molecule has 0 saturated heterocycles. The molecule has 0 bridgehead atoms. The Balaban J connectivity index is 1.69. The van der Waals surface area contributed by atoms with Crippen molar-refractivity contribution in [3.05, 3.63) is 82.7 Å². The minimum Gasteiger partial charge on any atom is -0.355 e. The third-order valence-corrected chi connectivity index (χ3v) is 5.17. The largest absolute Gasteiger partial charge is 0.355 e. The maximum Gasteiger partial charge on any atom is 0.251 e. The Kier molecular flexibility index (Phi) is 5.84. The minimum absolute atomic E-state index is 0.187. The molecular formula is C22H20N2O2S. The summed E-state index contributed by atoms with van der Waals surface area (Å²) < 4.78 is 0. The number of benzene rings is 2. The normalized spacial score (nSPS) is 10.7. The zero-order valence-electron chi connectivity index (χ0n) is 15.2. The fraction of sp³-hybridized carbons (Fsp3) is 0.0909. The molecule has 4 nitrogen and oxygen atoms in total. The topological polar surface area (TPSA) is 58.2 Å². The maximum absolute atomic E-state index is 12.3. The standard InChI is InChI=1S/C22H20N2O2S/c1-15-8-9-17(22(26)23-2)14-19(15)24-21(25)13-11-18-10-12-20(27-18)16-6-4-3-5-7-16/h3-14H,1-2H3,(H,23,26)(H,24,25)/b13-11+. The van der Waals surface area contributed by atoms with Crippen molar-refractivity contribution in [2.24, 2.45) is 0 Å². The van der Waals surface area contributed by atoms with E-state index in [0.29, 0.717) is 11.3 Å². The number of carbonyl (C=O) groups is 2. The van der Waals surface area contributed by atoms with Crippen molar-refractivity contribution >= 4 is 34.9 Å². The van der Waals surface area contributed by atoms with Gasteiger partial charge < -0.3 is 10.6 Å². The summed E-state index contributed by atoms with van der Waals surface area (Å²) >= 11 is 1.63. The average molecular weight is 376 g/mol. The Hall–Kier alpha value is -3.18. The highest BCUT2D eigenvalue weighted by Crippen LogP contribution is 2.28. The van der Waals surface area contributed by atoms with E-state index in [1.165, 1.54) is 6.08 Å². The molecule has 3 aromatic rings. The lowest BCUT2D eigenvalue weighted by Gasteiger charge is -2.08. The van der Waals surface area contributed by atoms with Crippen LogP contribution < -0.4 is 10.6 Å². The summed E-state index contributed by atoms with van der Waals surface area (Å²) in [5.74, 6) is -0.421. The number of hydrogen-bond acceptors (Lipinski definition) is 3. The predicted molar refractivity (Wildman–Crippen MR) is 112 cm³/mol. The SMILES string of the molecule is CNC(=O)c1ccc(C)c(NC(=O)/C=C/c2ccc(-c3ccccc3)s2)c1. The van der Waals surface area contributed by atoms with Crippen LogP contribution >= 0.6 is 11.3 Å². The van der Waals surface area contributed by atoms with E-state index in [2.05, 4.69) is 28.8 Å². The van der Waals surface area contributed by atoms with Gasteiger partial charge >= 0.3 is 0 Å². The molecule has 0 aliphatic carbocycles. The first-order valence-electron chi connectivity index (χ1n) is 8.54. The van der Waals surface area contributed by atoms with Gasteiger partial charge in [0.1, 0.15) is 0 Å². The van der Waals surface area contributed by atoms with Gasteiger partial charge in [0.25, 0.3) is 5.91 Å².